The Bertz CT molecular complexity index is 2260. The summed E-state index contributed by atoms with van der Waals surface area (Å²) in [5.74, 6) is 0. The van der Waals surface area contributed by atoms with E-state index in [0.29, 0.717) is 5.69 Å². The number of fused-ring (bicyclic) bond motifs is 6. The fraction of sp³-hybridized carbons (Fsp3) is 0. The molecule has 4 heteroatoms. The zero-order chi connectivity index (χ0) is 26.6. The summed E-state index contributed by atoms with van der Waals surface area (Å²) < 4.78 is 4.56. The van der Waals surface area contributed by atoms with E-state index < -0.39 is 0 Å². The lowest BCUT2D eigenvalue weighted by atomic mass is 10.0. The van der Waals surface area contributed by atoms with Gasteiger partial charge < -0.3 is 9.13 Å². The van der Waals surface area contributed by atoms with E-state index in [4.69, 9.17) is 11.6 Å². The molecule has 186 valence electrons. The molecule has 0 saturated carbocycles. The quantitative estimate of drug-likeness (QED) is 0.217. The Hall–Kier alpha value is -5.66. The van der Waals surface area contributed by atoms with Crippen LogP contribution >= 0.6 is 0 Å². The number of rotatable bonds is 3. The summed E-state index contributed by atoms with van der Waals surface area (Å²) in [7, 11) is 0. The molecular formula is C36H22N4. The van der Waals surface area contributed by atoms with Crippen molar-refractivity contribution in [2.45, 2.75) is 0 Å². The number of para-hydroxylation sites is 3. The van der Waals surface area contributed by atoms with Gasteiger partial charge >= 0.3 is 0 Å². The Morgan fingerprint density at radius 2 is 1.07 bits per heavy atom. The average molecular weight is 511 g/mol. The lowest BCUT2D eigenvalue weighted by molar-refractivity contribution is 1.17. The minimum atomic E-state index is 0.633. The maximum atomic E-state index is 7.30. The van der Waals surface area contributed by atoms with E-state index in [0.717, 1.165) is 39.1 Å². The Morgan fingerprint density at radius 1 is 0.500 bits per heavy atom. The van der Waals surface area contributed by atoms with Crippen molar-refractivity contribution in [1.29, 1.82) is 0 Å². The molecule has 0 saturated heterocycles. The van der Waals surface area contributed by atoms with Gasteiger partial charge in [0.1, 0.15) is 0 Å². The zero-order valence-electron chi connectivity index (χ0n) is 21.5. The molecule has 8 aromatic rings. The summed E-state index contributed by atoms with van der Waals surface area (Å²) in [6.45, 7) is 7.30. The van der Waals surface area contributed by atoms with Crippen LogP contribution in [0.3, 0.4) is 0 Å². The van der Waals surface area contributed by atoms with Crippen LogP contribution in [-0.4, -0.2) is 14.1 Å². The highest BCUT2D eigenvalue weighted by atomic mass is 15.0. The maximum absolute atomic E-state index is 7.30. The van der Waals surface area contributed by atoms with Crippen molar-refractivity contribution in [2.75, 3.05) is 0 Å². The highest BCUT2D eigenvalue weighted by Crippen LogP contribution is 2.37. The summed E-state index contributed by atoms with van der Waals surface area (Å²) >= 11 is 0. The van der Waals surface area contributed by atoms with Crippen molar-refractivity contribution in [3.05, 3.63) is 145 Å². The second kappa shape index (κ2) is 8.69. The van der Waals surface area contributed by atoms with Gasteiger partial charge in [0.2, 0.25) is 0 Å². The van der Waals surface area contributed by atoms with Gasteiger partial charge in [-0.15, -0.1) is 0 Å². The topological polar surface area (TPSA) is 27.1 Å². The van der Waals surface area contributed by atoms with Crippen molar-refractivity contribution in [2.24, 2.45) is 0 Å². The summed E-state index contributed by atoms with van der Waals surface area (Å²) in [5, 5.41) is 4.77. The molecule has 3 aromatic heterocycles. The molecule has 4 nitrogen and oxygen atoms in total. The average Bonchev–Trinajstić information content (AvgIpc) is 3.54. The highest BCUT2D eigenvalue weighted by Gasteiger charge is 2.16. The first-order chi connectivity index (χ1) is 19.8. The third-order valence-corrected chi connectivity index (χ3v) is 7.78. The van der Waals surface area contributed by atoms with Gasteiger partial charge in [-0.3, -0.25) is 4.98 Å². The number of hydrogen-bond donors (Lipinski definition) is 0. The van der Waals surface area contributed by atoms with E-state index in [2.05, 4.69) is 117 Å². The SMILES string of the molecule is [C-]#[N+]c1ccc(-n2c3ccccc3c3cc(-c4ccc5c(c4)c4ccccc4n5-c4ccccc4)ncc32)cc1. The van der Waals surface area contributed by atoms with Crippen LogP contribution in [0, 0.1) is 6.57 Å². The number of aromatic nitrogens is 3. The molecule has 0 unspecified atom stereocenters. The van der Waals surface area contributed by atoms with Crippen molar-refractivity contribution < 1.29 is 0 Å². The molecule has 0 radical (unpaired) electrons. The monoisotopic (exact) mass is 510 g/mol. The van der Waals surface area contributed by atoms with E-state index in [9.17, 15) is 0 Å². The van der Waals surface area contributed by atoms with Gasteiger partial charge in [-0.05, 0) is 54.6 Å². The number of hydrogen-bond acceptors (Lipinski definition) is 1. The second-order valence-electron chi connectivity index (χ2n) is 9.99. The van der Waals surface area contributed by atoms with Gasteiger partial charge in [-0.1, -0.05) is 72.8 Å². The second-order valence-corrected chi connectivity index (χ2v) is 9.99. The van der Waals surface area contributed by atoms with Gasteiger partial charge in [0, 0.05) is 38.5 Å². The molecule has 0 amide bonds. The van der Waals surface area contributed by atoms with E-state index >= 15 is 0 Å². The van der Waals surface area contributed by atoms with Crippen LogP contribution in [0.1, 0.15) is 0 Å². The Balaban J connectivity index is 1.34. The minimum absolute atomic E-state index is 0.633. The molecule has 0 fully saturated rings. The minimum Gasteiger partial charge on any atom is -0.309 e. The molecule has 0 spiro atoms. The Labute approximate surface area is 230 Å². The molecule has 0 bridgehead atoms. The van der Waals surface area contributed by atoms with Crippen LogP contribution in [0.15, 0.2) is 134 Å². The van der Waals surface area contributed by atoms with Crippen molar-refractivity contribution in [3.8, 4) is 22.6 Å². The first kappa shape index (κ1) is 22.3. The first-order valence-electron chi connectivity index (χ1n) is 13.3. The fourth-order valence-corrected chi connectivity index (χ4v) is 5.97. The highest BCUT2D eigenvalue weighted by molar-refractivity contribution is 6.12. The van der Waals surface area contributed by atoms with E-state index in [1.165, 1.54) is 27.2 Å². The zero-order valence-corrected chi connectivity index (χ0v) is 21.5. The van der Waals surface area contributed by atoms with Crippen LogP contribution in [-0.2, 0) is 0 Å². The first-order valence-corrected chi connectivity index (χ1v) is 13.3. The maximum Gasteiger partial charge on any atom is 0.187 e. The lowest BCUT2D eigenvalue weighted by Crippen LogP contribution is -1.94. The molecule has 3 heterocycles. The third kappa shape index (κ3) is 3.28. The fourth-order valence-electron chi connectivity index (χ4n) is 5.97. The lowest BCUT2D eigenvalue weighted by Gasteiger charge is -2.09. The van der Waals surface area contributed by atoms with Crippen LogP contribution in [0.2, 0.25) is 0 Å². The van der Waals surface area contributed by atoms with Crippen LogP contribution in [0.25, 0.3) is 71.1 Å². The number of nitrogens with zero attached hydrogens (tertiary/aromatic N) is 4. The molecule has 0 N–H and O–H groups in total. The van der Waals surface area contributed by atoms with Gasteiger partial charge in [0.25, 0.3) is 0 Å². The molecule has 8 rings (SSSR count). The Kier molecular flexibility index (Phi) is 4.85. The van der Waals surface area contributed by atoms with Gasteiger partial charge in [0.15, 0.2) is 5.69 Å². The molecule has 5 aromatic carbocycles. The third-order valence-electron chi connectivity index (χ3n) is 7.78. The summed E-state index contributed by atoms with van der Waals surface area (Å²) in [4.78, 5) is 8.52. The predicted octanol–water partition coefficient (Wildman–Crippen LogP) is 9.49. The summed E-state index contributed by atoms with van der Waals surface area (Å²) in [6.07, 6.45) is 1.98. The predicted molar refractivity (Wildman–Crippen MR) is 165 cm³/mol. The van der Waals surface area contributed by atoms with Crippen LogP contribution < -0.4 is 0 Å². The molecule has 0 aliphatic rings. The smallest absolute Gasteiger partial charge is 0.187 e. The van der Waals surface area contributed by atoms with Crippen LogP contribution in [0.5, 0.6) is 0 Å². The van der Waals surface area contributed by atoms with Crippen molar-refractivity contribution in [1.82, 2.24) is 14.1 Å². The standard InChI is InChI=1S/C36H22N4/c1-37-25-16-18-27(19-17-25)40-34-14-8-6-12-29(34)31-22-32(38-23-36(31)40)24-15-20-35-30(21-24)28-11-5-7-13-33(28)39(35)26-9-3-2-4-10-26/h2-23H. The van der Waals surface area contributed by atoms with Crippen molar-refractivity contribution in [3.63, 3.8) is 0 Å². The van der Waals surface area contributed by atoms with Crippen LogP contribution in [0.4, 0.5) is 5.69 Å². The van der Waals surface area contributed by atoms with E-state index in [1.807, 2.05) is 30.5 Å². The van der Waals surface area contributed by atoms with Gasteiger partial charge in [-0.2, -0.15) is 0 Å². The summed E-state index contributed by atoms with van der Waals surface area (Å²) in [6, 6.07) is 44.2. The number of benzene rings is 5. The molecular weight excluding hydrogens is 488 g/mol. The van der Waals surface area contributed by atoms with E-state index in [1.54, 1.807) is 0 Å². The van der Waals surface area contributed by atoms with Gasteiger partial charge in [0.05, 0.1) is 40.5 Å². The molecule has 0 atom stereocenters. The molecule has 40 heavy (non-hydrogen) atoms. The largest absolute Gasteiger partial charge is 0.309 e. The van der Waals surface area contributed by atoms with E-state index in [-0.39, 0.29) is 0 Å². The van der Waals surface area contributed by atoms with Gasteiger partial charge in [-0.25, -0.2) is 4.85 Å². The molecule has 0 aliphatic heterocycles. The van der Waals surface area contributed by atoms with Crippen molar-refractivity contribution >= 4 is 49.3 Å². The molecule has 0 aliphatic carbocycles. The number of pyridine rings is 1. The Morgan fingerprint density at radius 3 is 1.77 bits per heavy atom. The normalized spacial score (nSPS) is 11.5. The summed E-state index contributed by atoms with van der Waals surface area (Å²) in [5.41, 5.74) is 9.36.